The number of Topliss-reactive ketones (excluding diaryl/α,β-unsaturated/α-hetero) is 1. The fourth-order valence-electron chi connectivity index (χ4n) is 2.55. The first-order chi connectivity index (χ1) is 5.09. The van der Waals surface area contributed by atoms with E-state index in [1.54, 1.807) is 0 Å². The molecule has 0 spiro atoms. The van der Waals surface area contributed by atoms with Gasteiger partial charge in [-0.3, -0.25) is 4.79 Å². The first-order valence-electron chi connectivity index (χ1n) is 4.41. The molecular formula is C9H16ClNO. The molecule has 3 rings (SSSR count). The molecular weight excluding hydrogens is 174 g/mol. The van der Waals surface area contributed by atoms with Gasteiger partial charge >= 0.3 is 0 Å². The van der Waals surface area contributed by atoms with Crippen LogP contribution >= 0.6 is 12.4 Å². The predicted octanol–water partition coefficient (Wildman–Crippen LogP) is 1.51. The monoisotopic (exact) mass is 189 g/mol. The first-order valence-corrected chi connectivity index (χ1v) is 4.41. The van der Waals surface area contributed by atoms with Crippen LogP contribution in [-0.2, 0) is 4.79 Å². The maximum Gasteiger partial charge on any atom is 0.136 e. The molecule has 2 bridgehead atoms. The smallest absolute Gasteiger partial charge is 0.136 e. The van der Waals surface area contributed by atoms with Crippen LogP contribution in [0, 0.1) is 11.8 Å². The van der Waals surface area contributed by atoms with Gasteiger partial charge in [-0.1, -0.05) is 0 Å². The van der Waals surface area contributed by atoms with E-state index in [4.69, 9.17) is 5.73 Å². The highest BCUT2D eigenvalue weighted by atomic mass is 35.5. The molecule has 3 fully saturated rings. The van der Waals surface area contributed by atoms with Gasteiger partial charge in [0.15, 0.2) is 0 Å². The van der Waals surface area contributed by atoms with Gasteiger partial charge in [0.2, 0.25) is 0 Å². The number of carbonyl (C=O) groups excluding carboxylic acids is 1. The Balaban J connectivity index is 0.000000720. The lowest BCUT2D eigenvalue weighted by Crippen LogP contribution is -2.54. The van der Waals surface area contributed by atoms with Crippen LogP contribution in [0.25, 0.3) is 0 Å². The van der Waals surface area contributed by atoms with Crippen molar-refractivity contribution in [2.75, 3.05) is 0 Å². The molecule has 3 aliphatic carbocycles. The van der Waals surface area contributed by atoms with Crippen LogP contribution in [-0.4, -0.2) is 11.3 Å². The number of halogens is 1. The third-order valence-electron chi connectivity index (χ3n) is 3.39. The number of hydrogen-bond donors (Lipinski definition) is 1. The molecule has 0 aliphatic heterocycles. The Kier molecular flexibility index (Phi) is 2.50. The largest absolute Gasteiger partial charge is 0.325 e. The van der Waals surface area contributed by atoms with Crippen molar-refractivity contribution in [1.82, 2.24) is 0 Å². The minimum absolute atomic E-state index is 0. The van der Waals surface area contributed by atoms with E-state index in [0.29, 0.717) is 17.6 Å². The summed E-state index contributed by atoms with van der Waals surface area (Å²) in [6.45, 7) is 2.09. The third-order valence-corrected chi connectivity index (χ3v) is 3.39. The maximum absolute atomic E-state index is 11.3. The summed E-state index contributed by atoms with van der Waals surface area (Å²) in [5.74, 6) is 1.24. The number of nitrogens with two attached hydrogens (primary N) is 1. The summed E-state index contributed by atoms with van der Waals surface area (Å²) in [6.07, 6.45) is 3.94. The van der Waals surface area contributed by atoms with Crippen LogP contribution in [0.2, 0.25) is 0 Å². The van der Waals surface area contributed by atoms with Crippen LogP contribution in [0.3, 0.4) is 0 Å². The van der Waals surface area contributed by atoms with Gasteiger partial charge in [-0.05, 0) is 32.1 Å². The molecule has 0 aromatic rings. The Morgan fingerprint density at radius 3 is 2.42 bits per heavy atom. The number of carbonyl (C=O) groups is 1. The van der Waals surface area contributed by atoms with Crippen LogP contribution in [0.1, 0.15) is 32.6 Å². The molecule has 3 heteroatoms. The Labute approximate surface area is 79.3 Å². The first kappa shape index (κ1) is 10.0. The number of hydrogen-bond acceptors (Lipinski definition) is 2. The number of ketones is 1. The Hall–Kier alpha value is -0.0800. The van der Waals surface area contributed by atoms with Crippen molar-refractivity contribution in [2.24, 2.45) is 17.6 Å². The highest BCUT2D eigenvalue weighted by Gasteiger charge is 2.45. The molecule has 0 heterocycles. The van der Waals surface area contributed by atoms with Crippen molar-refractivity contribution in [2.45, 2.75) is 38.1 Å². The third kappa shape index (κ3) is 1.38. The van der Waals surface area contributed by atoms with E-state index in [2.05, 4.69) is 6.92 Å². The summed E-state index contributed by atoms with van der Waals surface area (Å²) in [6, 6.07) is 0. The summed E-state index contributed by atoms with van der Waals surface area (Å²) in [5, 5.41) is 0. The molecule has 0 unspecified atom stereocenters. The van der Waals surface area contributed by atoms with Crippen molar-refractivity contribution >= 4 is 18.2 Å². The fraction of sp³-hybridized carbons (Fsp3) is 0.889. The molecule has 0 radical (unpaired) electrons. The molecule has 0 aromatic heterocycles. The van der Waals surface area contributed by atoms with Crippen molar-refractivity contribution in [3.05, 3.63) is 0 Å². The molecule has 0 amide bonds. The molecule has 0 aromatic carbocycles. The Morgan fingerprint density at radius 2 is 2.17 bits per heavy atom. The van der Waals surface area contributed by atoms with Gasteiger partial charge in [-0.25, -0.2) is 0 Å². The zero-order chi connectivity index (χ0) is 8.06. The lowest BCUT2D eigenvalue weighted by Gasteiger charge is -2.46. The highest BCUT2D eigenvalue weighted by Crippen LogP contribution is 2.43. The SMILES string of the molecule is C[C@@]1(N)C[C@H]2CC[C@@H]1CC2=O.Cl. The molecule has 3 aliphatic rings. The number of fused-ring (bicyclic) bond motifs is 3. The summed E-state index contributed by atoms with van der Waals surface area (Å²) >= 11 is 0. The molecule has 2 N–H and O–H groups in total. The predicted molar refractivity (Wildman–Crippen MR) is 50.3 cm³/mol. The molecule has 0 saturated heterocycles. The average molecular weight is 190 g/mol. The normalized spacial score (nSPS) is 45.7. The summed E-state index contributed by atoms with van der Waals surface area (Å²) in [5.41, 5.74) is 6.03. The van der Waals surface area contributed by atoms with Gasteiger partial charge in [-0.15, -0.1) is 12.4 Å². The van der Waals surface area contributed by atoms with E-state index >= 15 is 0 Å². The van der Waals surface area contributed by atoms with Crippen LogP contribution in [0.4, 0.5) is 0 Å². The van der Waals surface area contributed by atoms with Crippen LogP contribution < -0.4 is 5.73 Å². The van der Waals surface area contributed by atoms with E-state index < -0.39 is 0 Å². The van der Waals surface area contributed by atoms with E-state index in [0.717, 1.165) is 19.3 Å². The van der Waals surface area contributed by atoms with E-state index in [-0.39, 0.29) is 17.9 Å². The zero-order valence-electron chi connectivity index (χ0n) is 7.38. The van der Waals surface area contributed by atoms with Gasteiger partial charge < -0.3 is 5.73 Å². The zero-order valence-corrected chi connectivity index (χ0v) is 8.19. The van der Waals surface area contributed by atoms with Crippen molar-refractivity contribution in [1.29, 1.82) is 0 Å². The van der Waals surface area contributed by atoms with Gasteiger partial charge in [0.1, 0.15) is 5.78 Å². The topological polar surface area (TPSA) is 43.1 Å². The average Bonchev–Trinajstić information content (AvgIpc) is 1.90. The number of rotatable bonds is 0. The minimum atomic E-state index is -0.0448. The summed E-state index contributed by atoms with van der Waals surface area (Å²) < 4.78 is 0. The fourth-order valence-corrected chi connectivity index (χ4v) is 2.55. The second-order valence-corrected chi connectivity index (χ2v) is 4.35. The lowest BCUT2D eigenvalue weighted by molar-refractivity contribution is -0.132. The molecule has 3 atom stereocenters. The standard InChI is InChI=1S/C9H15NO.ClH/c1-9(10)5-6-2-3-7(9)4-8(6)11;/h6-7H,2-5,10H2,1H3;1H/t6-,7-,9-;/m1./s1. The van der Waals surface area contributed by atoms with E-state index in [9.17, 15) is 4.79 Å². The maximum atomic E-state index is 11.3. The highest BCUT2D eigenvalue weighted by molar-refractivity contribution is 5.85. The minimum Gasteiger partial charge on any atom is -0.325 e. The Morgan fingerprint density at radius 1 is 1.50 bits per heavy atom. The van der Waals surface area contributed by atoms with Gasteiger partial charge in [-0.2, -0.15) is 0 Å². The molecule has 12 heavy (non-hydrogen) atoms. The van der Waals surface area contributed by atoms with Gasteiger partial charge in [0.25, 0.3) is 0 Å². The van der Waals surface area contributed by atoms with Crippen LogP contribution in [0.15, 0.2) is 0 Å². The van der Waals surface area contributed by atoms with Gasteiger partial charge in [0.05, 0.1) is 0 Å². The Bertz CT molecular complexity index is 203. The molecule has 3 saturated carbocycles. The second-order valence-electron chi connectivity index (χ2n) is 4.35. The van der Waals surface area contributed by atoms with E-state index in [1.807, 2.05) is 0 Å². The quantitative estimate of drug-likeness (QED) is 0.628. The molecule has 2 nitrogen and oxygen atoms in total. The van der Waals surface area contributed by atoms with Crippen molar-refractivity contribution in [3.63, 3.8) is 0 Å². The summed E-state index contributed by atoms with van der Waals surface area (Å²) in [4.78, 5) is 11.3. The van der Waals surface area contributed by atoms with Crippen molar-refractivity contribution in [3.8, 4) is 0 Å². The van der Waals surface area contributed by atoms with Gasteiger partial charge in [0, 0.05) is 17.9 Å². The summed E-state index contributed by atoms with van der Waals surface area (Å²) in [7, 11) is 0. The van der Waals surface area contributed by atoms with E-state index in [1.165, 1.54) is 6.42 Å². The second kappa shape index (κ2) is 3.00. The van der Waals surface area contributed by atoms with Crippen LogP contribution in [0.5, 0.6) is 0 Å². The molecule has 70 valence electrons. The lowest BCUT2D eigenvalue weighted by atomic mass is 9.61. The van der Waals surface area contributed by atoms with Crippen molar-refractivity contribution < 1.29 is 4.79 Å².